The summed E-state index contributed by atoms with van der Waals surface area (Å²) >= 11 is 4.76. The van der Waals surface area contributed by atoms with Crippen LogP contribution >= 0.6 is 23.5 Å². The van der Waals surface area contributed by atoms with Gasteiger partial charge in [-0.05, 0) is 23.7 Å². The molecule has 1 aliphatic heterocycles. The largest absolute Gasteiger partial charge is 0.199 e. The van der Waals surface area contributed by atoms with E-state index in [9.17, 15) is 0 Å². The third-order valence-corrected chi connectivity index (χ3v) is 5.67. The first-order valence-corrected chi connectivity index (χ1v) is 6.31. The van der Waals surface area contributed by atoms with Crippen LogP contribution in [0.3, 0.4) is 0 Å². The molecule has 0 aromatic carbocycles. The van der Waals surface area contributed by atoms with E-state index in [1.54, 1.807) is 0 Å². The van der Waals surface area contributed by atoms with Gasteiger partial charge in [-0.3, -0.25) is 0 Å². The van der Waals surface area contributed by atoms with Gasteiger partial charge in [0.25, 0.3) is 0 Å². The van der Waals surface area contributed by atoms with E-state index in [4.69, 9.17) is 12.6 Å². The van der Waals surface area contributed by atoms with Crippen LogP contribution in [0.2, 0.25) is 0 Å². The quantitative estimate of drug-likeness (QED) is 0.637. The first-order chi connectivity index (χ1) is 5.73. The SMILES string of the molecule is [CH2]CC(S)(CCC)[SH]1C=CC=C1. The van der Waals surface area contributed by atoms with Crippen LogP contribution in [-0.4, -0.2) is 4.08 Å². The topological polar surface area (TPSA) is 0 Å². The van der Waals surface area contributed by atoms with Crippen LogP contribution in [0.5, 0.6) is 0 Å². The highest BCUT2D eigenvalue weighted by Crippen LogP contribution is 2.53. The van der Waals surface area contributed by atoms with E-state index in [-0.39, 0.29) is 15.0 Å². The van der Waals surface area contributed by atoms with E-state index in [1.165, 1.54) is 12.8 Å². The Kier molecular flexibility index (Phi) is 3.78. The lowest BCUT2D eigenvalue weighted by Crippen LogP contribution is -2.17. The van der Waals surface area contributed by atoms with Crippen LogP contribution in [-0.2, 0) is 0 Å². The van der Waals surface area contributed by atoms with Crippen LogP contribution in [0, 0.1) is 6.92 Å². The van der Waals surface area contributed by atoms with Crippen molar-refractivity contribution < 1.29 is 0 Å². The average Bonchev–Trinajstić information content (AvgIpc) is 2.57. The Morgan fingerprint density at radius 1 is 1.42 bits per heavy atom. The van der Waals surface area contributed by atoms with Gasteiger partial charge in [-0.2, -0.15) is 23.5 Å². The molecule has 0 N–H and O–H groups in total. The molecule has 0 amide bonds. The van der Waals surface area contributed by atoms with Crippen molar-refractivity contribution >= 4 is 23.5 Å². The second-order valence-corrected chi connectivity index (χ2v) is 6.55. The predicted octanol–water partition coefficient (Wildman–Crippen LogP) is 3.68. The van der Waals surface area contributed by atoms with Crippen molar-refractivity contribution in [1.82, 2.24) is 0 Å². The van der Waals surface area contributed by atoms with E-state index in [2.05, 4.69) is 36.8 Å². The fourth-order valence-electron chi connectivity index (χ4n) is 1.40. The van der Waals surface area contributed by atoms with E-state index in [0.717, 1.165) is 6.42 Å². The maximum absolute atomic E-state index is 4.76. The maximum Gasteiger partial charge on any atom is 0.0469 e. The normalized spacial score (nSPS) is 23.1. The average molecular weight is 201 g/mol. The zero-order chi connectivity index (χ0) is 9.03. The molecule has 0 aliphatic carbocycles. The lowest BCUT2D eigenvalue weighted by molar-refractivity contribution is 0.705. The molecule has 1 aliphatic rings. The van der Waals surface area contributed by atoms with Crippen molar-refractivity contribution in [3.8, 4) is 0 Å². The van der Waals surface area contributed by atoms with Gasteiger partial charge in [-0.1, -0.05) is 32.4 Å². The molecule has 0 bridgehead atoms. The molecule has 12 heavy (non-hydrogen) atoms. The van der Waals surface area contributed by atoms with Crippen LogP contribution in [0.1, 0.15) is 26.2 Å². The van der Waals surface area contributed by atoms with Crippen LogP contribution < -0.4 is 0 Å². The highest BCUT2D eigenvalue weighted by atomic mass is 32.2. The molecule has 0 saturated heterocycles. The standard InChI is InChI=1S/C10H17S2/c1-3-7-10(11,4-2)12-8-5-6-9-12/h5-6,8-9,11-12H,2-4,7H2,1H3. The Balaban J connectivity index is 2.65. The smallest absolute Gasteiger partial charge is 0.0469 e. The summed E-state index contributed by atoms with van der Waals surface area (Å²) < 4.78 is 0.146. The van der Waals surface area contributed by atoms with E-state index < -0.39 is 0 Å². The van der Waals surface area contributed by atoms with Crippen LogP contribution in [0.25, 0.3) is 0 Å². The van der Waals surface area contributed by atoms with E-state index >= 15 is 0 Å². The van der Waals surface area contributed by atoms with Gasteiger partial charge < -0.3 is 0 Å². The summed E-state index contributed by atoms with van der Waals surface area (Å²) in [5, 5.41) is 4.56. The first kappa shape index (κ1) is 10.3. The fraction of sp³-hybridized carbons (Fsp3) is 0.500. The van der Waals surface area contributed by atoms with Crippen molar-refractivity contribution in [2.75, 3.05) is 0 Å². The number of allylic oxidation sites excluding steroid dienone is 2. The van der Waals surface area contributed by atoms with E-state index in [0.29, 0.717) is 0 Å². The third-order valence-electron chi connectivity index (χ3n) is 2.14. The number of rotatable bonds is 4. The monoisotopic (exact) mass is 201 g/mol. The molecule has 1 rings (SSSR count). The molecule has 1 heterocycles. The van der Waals surface area contributed by atoms with Gasteiger partial charge in [-0.15, -0.1) is 0 Å². The zero-order valence-corrected chi connectivity index (χ0v) is 9.32. The summed E-state index contributed by atoms with van der Waals surface area (Å²) in [5.74, 6) is 0. The molecular formula is C10H17S2. The summed E-state index contributed by atoms with van der Waals surface area (Å²) in [5.41, 5.74) is 0. The van der Waals surface area contributed by atoms with Crippen molar-refractivity contribution in [3.63, 3.8) is 0 Å². The summed E-state index contributed by atoms with van der Waals surface area (Å²) in [6.45, 7) is 6.20. The third kappa shape index (κ3) is 2.11. The second-order valence-electron chi connectivity index (χ2n) is 3.07. The Labute approximate surface area is 83.9 Å². The van der Waals surface area contributed by atoms with Crippen molar-refractivity contribution in [2.24, 2.45) is 0 Å². The number of hydrogen-bond donors (Lipinski definition) is 2. The molecule has 0 spiro atoms. The molecule has 0 fully saturated rings. The number of thiol groups is 2. The maximum atomic E-state index is 4.76. The van der Waals surface area contributed by atoms with Crippen LogP contribution in [0.4, 0.5) is 0 Å². The van der Waals surface area contributed by atoms with Gasteiger partial charge in [-0.25, -0.2) is 0 Å². The lowest BCUT2D eigenvalue weighted by Gasteiger charge is -2.34. The summed E-state index contributed by atoms with van der Waals surface area (Å²) in [4.78, 5) is 0. The lowest BCUT2D eigenvalue weighted by atomic mass is 10.2. The highest BCUT2D eigenvalue weighted by molar-refractivity contribution is 8.29. The molecule has 0 saturated carbocycles. The summed E-state index contributed by atoms with van der Waals surface area (Å²) in [7, 11) is -0.156. The second kappa shape index (κ2) is 4.43. The molecule has 69 valence electrons. The predicted molar refractivity (Wildman–Crippen MR) is 63.9 cm³/mol. The molecule has 1 unspecified atom stereocenters. The van der Waals surface area contributed by atoms with Crippen molar-refractivity contribution in [1.29, 1.82) is 0 Å². The molecule has 0 nitrogen and oxygen atoms in total. The zero-order valence-electron chi connectivity index (χ0n) is 7.53. The molecule has 2 heteroatoms. The van der Waals surface area contributed by atoms with Gasteiger partial charge in [0.05, 0.1) is 0 Å². The van der Waals surface area contributed by atoms with Gasteiger partial charge in [0.15, 0.2) is 0 Å². The minimum atomic E-state index is -0.156. The minimum Gasteiger partial charge on any atom is -0.199 e. The van der Waals surface area contributed by atoms with Crippen molar-refractivity contribution in [3.05, 3.63) is 29.9 Å². The first-order valence-electron chi connectivity index (χ1n) is 4.38. The van der Waals surface area contributed by atoms with Gasteiger partial charge in [0, 0.05) is 4.08 Å². The van der Waals surface area contributed by atoms with Gasteiger partial charge in [0.2, 0.25) is 0 Å². The molecule has 0 aromatic heterocycles. The molecule has 0 aromatic rings. The Morgan fingerprint density at radius 2 is 2.00 bits per heavy atom. The highest BCUT2D eigenvalue weighted by Gasteiger charge is 2.27. The van der Waals surface area contributed by atoms with Gasteiger partial charge in [0.1, 0.15) is 0 Å². The molecule has 1 atom stereocenters. The summed E-state index contributed by atoms with van der Waals surface area (Å²) in [6.07, 6.45) is 7.54. The minimum absolute atomic E-state index is 0.146. The molecule has 1 radical (unpaired) electrons. The van der Waals surface area contributed by atoms with E-state index in [1.807, 2.05) is 0 Å². The summed E-state index contributed by atoms with van der Waals surface area (Å²) in [6, 6.07) is 0. The van der Waals surface area contributed by atoms with Crippen LogP contribution in [0.15, 0.2) is 23.0 Å². The van der Waals surface area contributed by atoms with Gasteiger partial charge >= 0.3 is 0 Å². The number of hydrogen-bond acceptors (Lipinski definition) is 1. The Hall–Kier alpha value is 0.180. The Bertz CT molecular complexity index is 184. The molecular weight excluding hydrogens is 184 g/mol. The fourth-order valence-corrected chi connectivity index (χ4v) is 3.98. The van der Waals surface area contributed by atoms with Crippen molar-refractivity contribution in [2.45, 2.75) is 30.3 Å². The Morgan fingerprint density at radius 3 is 2.42 bits per heavy atom.